The Morgan fingerprint density at radius 2 is 2.29 bits per heavy atom. The van der Waals surface area contributed by atoms with Crippen molar-refractivity contribution in [1.29, 1.82) is 0 Å². The standard InChI is InChI=1S/C9H7ClN2O2/c10-9-2-1-7(5-11-9)13-6-8-3-4-12-14-8/h1-5H,6H2. The van der Waals surface area contributed by atoms with E-state index in [1.165, 1.54) is 0 Å². The Morgan fingerprint density at radius 3 is 2.93 bits per heavy atom. The van der Waals surface area contributed by atoms with E-state index < -0.39 is 0 Å². The first kappa shape index (κ1) is 9.02. The summed E-state index contributed by atoms with van der Waals surface area (Å²) in [6.07, 6.45) is 3.12. The second kappa shape index (κ2) is 4.11. The Balaban J connectivity index is 1.95. The van der Waals surface area contributed by atoms with Crippen LogP contribution in [0.15, 0.2) is 35.1 Å². The minimum atomic E-state index is 0.337. The summed E-state index contributed by atoms with van der Waals surface area (Å²) in [5, 5.41) is 4.00. The van der Waals surface area contributed by atoms with Gasteiger partial charge in [-0.25, -0.2) is 4.98 Å². The molecule has 4 nitrogen and oxygen atoms in total. The fourth-order valence-electron chi connectivity index (χ4n) is 0.919. The highest BCUT2D eigenvalue weighted by molar-refractivity contribution is 6.29. The van der Waals surface area contributed by atoms with Gasteiger partial charge in [-0.2, -0.15) is 0 Å². The van der Waals surface area contributed by atoms with Gasteiger partial charge in [-0.1, -0.05) is 16.8 Å². The first-order chi connectivity index (χ1) is 6.84. The molecule has 2 heterocycles. The molecule has 0 N–H and O–H groups in total. The molecule has 2 aromatic rings. The lowest BCUT2D eigenvalue weighted by atomic mass is 10.4. The zero-order valence-electron chi connectivity index (χ0n) is 7.18. The van der Waals surface area contributed by atoms with Crippen LogP contribution in [-0.4, -0.2) is 10.1 Å². The molecule has 0 atom stereocenters. The zero-order chi connectivity index (χ0) is 9.80. The minimum Gasteiger partial charge on any atom is -0.484 e. The molecule has 0 unspecified atom stereocenters. The van der Waals surface area contributed by atoms with Crippen molar-refractivity contribution >= 4 is 11.6 Å². The fourth-order valence-corrected chi connectivity index (χ4v) is 1.03. The van der Waals surface area contributed by atoms with Gasteiger partial charge in [-0.15, -0.1) is 0 Å². The van der Waals surface area contributed by atoms with Crippen molar-refractivity contribution in [2.75, 3.05) is 0 Å². The minimum absolute atomic E-state index is 0.337. The van der Waals surface area contributed by atoms with Gasteiger partial charge in [0.1, 0.15) is 17.5 Å². The average molecular weight is 211 g/mol. The van der Waals surface area contributed by atoms with Crippen LogP contribution in [0.2, 0.25) is 5.15 Å². The first-order valence-corrected chi connectivity index (χ1v) is 4.36. The van der Waals surface area contributed by atoms with Gasteiger partial charge in [-0.3, -0.25) is 0 Å². The van der Waals surface area contributed by atoms with Crippen LogP contribution in [0.1, 0.15) is 5.76 Å². The SMILES string of the molecule is Clc1ccc(OCc2ccno2)cn1. The van der Waals surface area contributed by atoms with E-state index in [0.29, 0.717) is 23.3 Å². The van der Waals surface area contributed by atoms with Crippen molar-refractivity contribution in [2.45, 2.75) is 6.61 Å². The van der Waals surface area contributed by atoms with Crippen LogP contribution in [0.3, 0.4) is 0 Å². The Kier molecular flexibility index (Phi) is 2.65. The van der Waals surface area contributed by atoms with Crippen molar-refractivity contribution in [2.24, 2.45) is 0 Å². The molecule has 0 saturated heterocycles. The molecule has 5 heteroatoms. The molecule has 2 rings (SSSR count). The van der Waals surface area contributed by atoms with Gasteiger partial charge in [0.15, 0.2) is 5.76 Å². The van der Waals surface area contributed by atoms with Gasteiger partial charge in [0, 0.05) is 6.07 Å². The lowest BCUT2D eigenvalue weighted by Gasteiger charge is -2.01. The highest BCUT2D eigenvalue weighted by Gasteiger charge is 1.99. The number of rotatable bonds is 3. The van der Waals surface area contributed by atoms with Crippen LogP contribution < -0.4 is 4.74 Å². The second-order valence-electron chi connectivity index (χ2n) is 2.58. The van der Waals surface area contributed by atoms with Crippen LogP contribution in [0, 0.1) is 0 Å². The molecule has 0 bridgehead atoms. The van der Waals surface area contributed by atoms with Crippen molar-refractivity contribution in [1.82, 2.24) is 10.1 Å². The van der Waals surface area contributed by atoms with Crippen molar-refractivity contribution in [3.05, 3.63) is 41.5 Å². The molecule has 0 aliphatic carbocycles. The van der Waals surface area contributed by atoms with E-state index in [1.807, 2.05) is 0 Å². The van der Waals surface area contributed by atoms with Crippen LogP contribution in [-0.2, 0) is 6.61 Å². The highest BCUT2D eigenvalue weighted by Crippen LogP contribution is 2.13. The van der Waals surface area contributed by atoms with Crippen molar-refractivity contribution in [3.8, 4) is 5.75 Å². The predicted octanol–water partition coefficient (Wildman–Crippen LogP) is 2.30. The van der Waals surface area contributed by atoms with Crippen LogP contribution in [0.4, 0.5) is 0 Å². The normalized spacial score (nSPS) is 10.1. The second-order valence-corrected chi connectivity index (χ2v) is 2.97. The van der Waals surface area contributed by atoms with Gasteiger partial charge in [-0.05, 0) is 12.1 Å². The predicted molar refractivity (Wildman–Crippen MR) is 50.1 cm³/mol. The van der Waals surface area contributed by atoms with Gasteiger partial charge in [0.05, 0.1) is 12.4 Å². The lowest BCUT2D eigenvalue weighted by molar-refractivity contribution is 0.248. The molecule has 72 valence electrons. The Morgan fingerprint density at radius 1 is 1.36 bits per heavy atom. The summed E-state index contributed by atoms with van der Waals surface area (Å²) < 4.78 is 10.2. The largest absolute Gasteiger partial charge is 0.484 e. The molecule has 0 aliphatic rings. The molecule has 0 radical (unpaired) electrons. The van der Waals surface area contributed by atoms with E-state index in [1.54, 1.807) is 30.6 Å². The molecule has 0 amide bonds. The lowest BCUT2D eigenvalue weighted by Crippen LogP contribution is -1.93. The smallest absolute Gasteiger partial charge is 0.174 e. The maximum atomic E-state index is 5.62. The number of ether oxygens (including phenoxy) is 1. The summed E-state index contributed by atoms with van der Waals surface area (Å²) in [5.41, 5.74) is 0. The summed E-state index contributed by atoms with van der Waals surface area (Å²) in [6.45, 7) is 0.337. The molecule has 2 aromatic heterocycles. The summed E-state index contributed by atoms with van der Waals surface area (Å²) in [6, 6.07) is 5.15. The van der Waals surface area contributed by atoms with Crippen LogP contribution >= 0.6 is 11.6 Å². The van der Waals surface area contributed by atoms with Gasteiger partial charge < -0.3 is 9.26 Å². The Hall–Kier alpha value is -1.55. The number of hydrogen-bond acceptors (Lipinski definition) is 4. The first-order valence-electron chi connectivity index (χ1n) is 3.98. The molecule has 0 aliphatic heterocycles. The fraction of sp³-hybridized carbons (Fsp3) is 0.111. The molecule has 0 saturated carbocycles. The third kappa shape index (κ3) is 2.23. The molecule has 14 heavy (non-hydrogen) atoms. The van der Waals surface area contributed by atoms with E-state index in [2.05, 4.69) is 10.1 Å². The molecular formula is C9H7ClN2O2. The van der Waals surface area contributed by atoms with E-state index in [-0.39, 0.29) is 0 Å². The van der Waals surface area contributed by atoms with Crippen LogP contribution in [0.5, 0.6) is 5.75 Å². The maximum Gasteiger partial charge on any atom is 0.174 e. The summed E-state index contributed by atoms with van der Waals surface area (Å²) in [4.78, 5) is 3.87. The average Bonchev–Trinajstić information content (AvgIpc) is 2.70. The number of halogens is 1. The van der Waals surface area contributed by atoms with E-state index in [9.17, 15) is 0 Å². The zero-order valence-corrected chi connectivity index (χ0v) is 7.94. The molecule has 0 aromatic carbocycles. The Bertz CT molecular complexity index is 386. The molecular weight excluding hydrogens is 204 g/mol. The van der Waals surface area contributed by atoms with E-state index in [4.69, 9.17) is 20.9 Å². The van der Waals surface area contributed by atoms with Gasteiger partial charge >= 0.3 is 0 Å². The number of aromatic nitrogens is 2. The summed E-state index contributed by atoms with van der Waals surface area (Å²) >= 11 is 5.62. The Labute approximate surface area is 85.5 Å². The van der Waals surface area contributed by atoms with Gasteiger partial charge in [0.2, 0.25) is 0 Å². The number of hydrogen-bond donors (Lipinski definition) is 0. The number of pyridine rings is 1. The molecule has 0 spiro atoms. The highest BCUT2D eigenvalue weighted by atomic mass is 35.5. The van der Waals surface area contributed by atoms with E-state index in [0.717, 1.165) is 0 Å². The third-order valence-electron chi connectivity index (χ3n) is 1.57. The van der Waals surface area contributed by atoms with Crippen LogP contribution in [0.25, 0.3) is 0 Å². The van der Waals surface area contributed by atoms with Crippen molar-refractivity contribution < 1.29 is 9.26 Å². The quantitative estimate of drug-likeness (QED) is 0.730. The maximum absolute atomic E-state index is 5.62. The van der Waals surface area contributed by atoms with Crippen molar-refractivity contribution in [3.63, 3.8) is 0 Å². The van der Waals surface area contributed by atoms with E-state index >= 15 is 0 Å². The summed E-state index contributed by atoms with van der Waals surface area (Å²) in [5.74, 6) is 1.31. The monoisotopic (exact) mass is 210 g/mol. The topological polar surface area (TPSA) is 48.2 Å². The number of nitrogens with zero attached hydrogens (tertiary/aromatic N) is 2. The molecule has 0 fully saturated rings. The third-order valence-corrected chi connectivity index (χ3v) is 1.80. The van der Waals surface area contributed by atoms with Gasteiger partial charge in [0.25, 0.3) is 0 Å². The summed E-state index contributed by atoms with van der Waals surface area (Å²) in [7, 11) is 0.